The molecule has 0 unspecified atom stereocenters. The summed E-state index contributed by atoms with van der Waals surface area (Å²) in [6.45, 7) is 2.14. The van der Waals surface area contributed by atoms with Crippen molar-refractivity contribution in [2.75, 3.05) is 6.61 Å². The van der Waals surface area contributed by atoms with E-state index in [1.54, 1.807) is 73.7 Å². The van der Waals surface area contributed by atoms with Crippen LogP contribution in [-0.2, 0) is 0 Å². The zero-order valence-corrected chi connectivity index (χ0v) is 21.4. The minimum atomic E-state index is -0.657. The average Bonchev–Trinajstić information content (AvgIpc) is 3.45. The van der Waals surface area contributed by atoms with Crippen LogP contribution in [0.25, 0.3) is 22.3 Å². The topological polar surface area (TPSA) is 95.9 Å². The first-order valence-electron chi connectivity index (χ1n) is 11.5. The van der Waals surface area contributed by atoms with E-state index in [1.807, 2.05) is 0 Å². The molecule has 5 aromatic rings. The summed E-state index contributed by atoms with van der Waals surface area (Å²) >= 11 is 12.5. The van der Waals surface area contributed by atoms with Crippen LogP contribution in [0.3, 0.4) is 0 Å². The van der Waals surface area contributed by atoms with Gasteiger partial charge in [0, 0.05) is 10.6 Å². The third-order valence-electron chi connectivity index (χ3n) is 5.44. The molecule has 190 valence electrons. The first kappa shape index (κ1) is 25.3. The van der Waals surface area contributed by atoms with Crippen LogP contribution in [0.1, 0.15) is 23.0 Å². The summed E-state index contributed by atoms with van der Waals surface area (Å²) < 4.78 is 17.4. The Morgan fingerprint density at radius 2 is 1.89 bits per heavy atom. The van der Waals surface area contributed by atoms with Crippen molar-refractivity contribution in [3.05, 3.63) is 111 Å². The number of furan rings is 1. The van der Waals surface area contributed by atoms with Gasteiger partial charge in [-0.05, 0) is 73.2 Å². The number of rotatable bonds is 7. The Labute approximate surface area is 226 Å². The number of ether oxygens (including phenoxy) is 2. The van der Waals surface area contributed by atoms with Gasteiger partial charge in [0.25, 0.3) is 5.56 Å². The molecule has 0 fully saturated rings. The van der Waals surface area contributed by atoms with Crippen LogP contribution in [-0.4, -0.2) is 28.5 Å². The van der Waals surface area contributed by atoms with Crippen molar-refractivity contribution in [1.82, 2.24) is 9.66 Å². The van der Waals surface area contributed by atoms with Gasteiger partial charge in [0.05, 0.1) is 35.0 Å². The normalized spacial score (nSPS) is 11.2. The molecule has 0 N–H and O–H groups in total. The van der Waals surface area contributed by atoms with E-state index in [1.165, 1.54) is 23.2 Å². The van der Waals surface area contributed by atoms with Gasteiger partial charge in [-0.15, -0.1) is 0 Å². The zero-order chi connectivity index (χ0) is 26.6. The average molecular weight is 548 g/mol. The van der Waals surface area contributed by atoms with Gasteiger partial charge in [-0.25, -0.2) is 9.78 Å². The highest BCUT2D eigenvalue weighted by Gasteiger charge is 2.17. The van der Waals surface area contributed by atoms with E-state index < -0.39 is 5.97 Å². The standard InChI is InChI=1S/C28H19Cl2N3O5/c1-2-36-25-14-17(9-12-23(25)38-28(35)24-8-5-13-37-24)16-31-33-26(19-11-10-18(29)15-21(19)30)32-22-7-4-3-6-20(22)27(33)34/h3-16H,2H2,1H3/b31-16+. The van der Waals surface area contributed by atoms with Crippen molar-refractivity contribution in [2.24, 2.45) is 5.10 Å². The molecule has 8 nitrogen and oxygen atoms in total. The van der Waals surface area contributed by atoms with Gasteiger partial charge in [-0.1, -0.05) is 35.3 Å². The largest absolute Gasteiger partial charge is 0.490 e. The first-order valence-corrected chi connectivity index (χ1v) is 12.2. The molecule has 0 aliphatic heterocycles. The Bertz CT molecular complexity index is 1730. The lowest BCUT2D eigenvalue weighted by Gasteiger charge is -2.12. The molecule has 10 heteroatoms. The van der Waals surface area contributed by atoms with Gasteiger partial charge in [-0.3, -0.25) is 4.79 Å². The van der Waals surface area contributed by atoms with Crippen molar-refractivity contribution in [3.8, 4) is 22.9 Å². The summed E-state index contributed by atoms with van der Waals surface area (Å²) in [5.41, 5.74) is 1.21. The molecule has 0 radical (unpaired) electrons. The molecule has 0 amide bonds. The molecule has 5 rings (SSSR count). The Morgan fingerprint density at radius 1 is 1.05 bits per heavy atom. The summed E-state index contributed by atoms with van der Waals surface area (Å²) in [5, 5.41) is 5.62. The quantitative estimate of drug-likeness (QED) is 0.132. The van der Waals surface area contributed by atoms with Crippen LogP contribution in [0.2, 0.25) is 10.0 Å². The second-order valence-corrected chi connectivity index (χ2v) is 8.79. The highest BCUT2D eigenvalue weighted by atomic mass is 35.5. The molecule has 3 aromatic carbocycles. The molecule has 0 spiro atoms. The highest BCUT2D eigenvalue weighted by Crippen LogP contribution is 2.31. The number of fused-ring (bicyclic) bond motifs is 1. The van der Waals surface area contributed by atoms with Crippen molar-refractivity contribution >= 4 is 46.3 Å². The third-order valence-corrected chi connectivity index (χ3v) is 5.99. The number of esters is 1. The number of para-hydroxylation sites is 1. The maximum atomic E-state index is 13.4. The SMILES string of the molecule is CCOc1cc(/C=N/n2c(-c3ccc(Cl)cc3Cl)nc3ccccc3c2=O)ccc1OC(=O)c1ccco1. The van der Waals surface area contributed by atoms with Gasteiger partial charge < -0.3 is 13.9 Å². The molecule has 2 heterocycles. The maximum Gasteiger partial charge on any atom is 0.379 e. The Hall–Kier alpha value is -4.40. The van der Waals surface area contributed by atoms with Crippen LogP contribution in [0, 0.1) is 0 Å². The Balaban J connectivity index is 1.56. The van der Waals surface area contributed by atoms with Crippen LogP contribution in [0.4, 0.5) is 0 Å². The van der Waals surface area contributed by atoms with Crippen LogP contribution in [0.15, 0.2) is 93.4 Å². The minimum Gasteiger partial charge on any atom is -0.490 e. The maximum absolute atomic E-state index is 13.4. The number of carbonyl (C=O) groups excluding carboxylic acids is 1. The van der Waals surface area contributed by atoms with E-state index in [0.29, 0.717) is 44.4 Å². The van der Waals surface area contributed by atoms with E-state index in [-0.39, 0.29) is 22.9 Å². The number of benzene rings is 3. The molecule has 0 atom stereocenters. The molecule has 0 bridgehead atoms. The molecule has 0 saturated heterocycles. The fraction of sp³-hybridized carbons (Fsp3) is 0.0714. The van der Waals surface area contributed by atoms with Crippen LogP contribution >= 0.6 is 23.2 Å². The van der Waals surface area contributed by atoms with E-state index in [0.717, 1.165) is 0 Å². The van der Waals surface area contributed by atoms with Crippen LogP contribution in [0.5, 0.6) is 11.5 Å². The molecule has 0 saturated carbocycles. The fourth-order valence-corrected chi connectivity index (χ4v) is 4.20. The molecule has 0 aliphatic carbocycles. The van der Waals surface area contributed by atoms with Crippen molar-refractivity contribution in [2.45, 2.75) is 6.92 Å². The molecule has 0 aliphatic rings. The lowest BCUT2D eigenvalue weighted by atomic mass is 10.2. The lowest BCUT2D eigenvalue weighted by molar-refractivity contribution is 0.0695. The Morgan fingerprint density at radius 3 is 2.66 bits per heavy atom. The molecule has 38 heavy (non-hydrogen) atoms. The van der Waals surface area contributed by atoms with E-state index in [2.05, 4.69) is 10.1 Å². The minimum absolute atomic E-state index is 0.0645. The fourth-order valence-electron chi connectivity index (χ4n) is 3.70. The number of hydrogen-bond acceptors (Lipinski definition) is 7. The summed E-state index contributed by atoms with van der Waals surface area (Å²) in [4.78, 5) is 30.4. The third kappa shape index (κ3) is 5.18. The number of halogens is 2. The first-order chi connectivity index (χ1) is 18.4. The van der Waals surface area contributed by atoms with E-state index >= 15 is 0 Å². The summed E-state index contributed by atoms with van der Waals surface area (Å²) in [6.07, 6.45) is 2.86. The van der Waals surface area contributed by atoms with Crippen molar-refractivity contribution in [3.63, 3.8) is 0 Å². The van der Waals surface area contributed by atoms with Gasteiger partial charge in [-0.2, -0.15) is 9.78 Å². The van der Waals surface area contributed by atoms with Gasteiger partial charge >= 0.3 is 5.97 Å². The number of aromatic nitrogens is 2. The summed E-state index contributed by atoms with van der Waals surface area (Å²) in [6, 6.07) is 19.9. The Kier molecular flexibility index (Phi) is 7.26. The summed E-state index contributed by atoms with van der Waals surface area (Å²) in [5.74, 6) is 0.191. The lowest BCUT2D eigenvalue weighted by Crippen LogP contribution is -2.20. The van der Waals surface area contributed by atoms with Gasteiger partial charge in [0.2, 0.25) is 5.76 Å². The smallest absolute Gasteiger partial charge is 0.379 e. The van der Waals surface area contributed by atoms with Crippen molar-refractivity contribution in [1.29, 1.82) is 0 Å². The molecular weight excluding hydrogens is 529 g/mol. The summed E-state index contributed by atoms with van der Waals surface area (Å²) in [7, 11) is 0. The second kappa shape index (κ2) is 10.9. The predicted molar refractivity (Wildman–Crippen MR) is 146 cm³/mol. The predicted octanol–water partition coefficient (Wildman–Crippen LogP) is 6.46. The van der Waals surface area contributed by atoms with Crippen LogP contribution < -0.4 is 15.0 Å². The van der Waals surface area contributed by atoms with E-state index in [4.69, 9.17) is 37.1 Å². The number of nitrogens with zero attached hydrogens (tertiary/aromatic N) is 3. The van der Waals surface area contributed by atoms with Gasteiger partial charge in [0.15, 0.2) is 17.3 Å². The highest BCUT2D eigenvalue weighted by molar-refractivity contribution is 6.36. The van der Waals surface area contributed by atoms with Crippen molar-refractivity contribution < 1.29 is 18.7 Å². The van der Waals surface area contributed by atoms with E-state index in [9.17, 15) is 9.59 Å². The molecule has 2 aromatic heterocycles. The van der Waals surface area contributed by atoms with Gasteiger partial charge in [0.1, 0.15) is 0 Å². The monoisotopic (exact) mass is 547 g/mol. The zero-order valence-electron chi connectivity index (χ0n) is 19.9. The number of hydrogen-bond donors (Lipinski definition) is 0. The number of carbonyl (C=O) groups is 1. The molecular formula is C28H19Cl2N3O5. The second-order valence-electron chi connectivity index (χ2n) is 7.94.